The summed E-state index contributed by atoms with van der Waals surface area (Å²) >= 11 is 0. The summed E-state index contributed by atoms with van der Waals surface area (Å²) < 4.78 is 41.2. The minimum Gasteiger partial charge on any atom is -0.325 e. The van der Waals surface area contributed by atoms with Crippen LogP contribution in [0.3, 0.4) is 0 Å². The van der Waals surface area contributed by atoms with Crippen molar-refractivity contribution >= 4 is 21.8 Å². The highest BCUT2D eigenvalue weighted by molar-refractivity contribution is 7.86. The van der Waals surface area contributed by atoms with Crippen molar-refractivity contribution in [2.24, 2.45) is 0 Å². The molecule has 0 aromatic heterocycles. The summed E-state index contributed by atoms with van der Waals surface area (Å²) in [5.41, 5.74) is 2.40. The van der Waals surface area contributed by atoms with Crippen molar-refractivity contribution in [1.82, 2.24) is 8.61 Å². The fourth-order valence-electron chi connectivity index (χ4n) is 3.05. The predicted octanol–water partition coefficient (Wildman–Crippen LogP) is 2.53. The van der Waals surface area contributed by atoms with Gasteiger partial charge in [-0.3, -0.25) is 4.79 Å². The fourth-order valence-corrected chi connectivity index (χ4v) is 4.69. The Hall–Kier alpha value is -2.29. The van der Waals surface area contributed by atoms with Gasteiger partial charge in [0.1, 0.15) is 5.82 Å². The van der Waals surface area contributed by atoms with E-state index < -0.39 is 21.9 Å². The molecule has 0 aliphatic carbocycles. The first kappa shape index (κ1) is 19.5. The largest absolute Gasteiger partial charge is 0.325 e. The SMILES string of the molecule is Cc1cccc(CN2CCCN(CC(=O)Nc3ccc(F)cc3)S2(=O)=O)c1. The number of nitrogens with zero attached hydrogens (tertiary/aromatic N) is 2. The van der Waals surface area contributed by atoms with Crippen LogP contribution < -0.4 is 5.32 Å². The maximum Gasteiger partial charge on any atom is 0.282 e. The lowest BCUT2D eigenvalue weighted by atomic mass is 10.1. The van der Waals surface area contributed by atoms with Crippen molar-refractivity contribution in [3.8, 4) is 0 Å². The average Bonchev–Trinajstić information content (AvgIpc) is 2.61. The third-order valence-electron chi connectivity index (χ3n) is 4.36. The highest BCUT2D eigenvalue weighted by Gasteiger charge is 2.34. The number of anilines is 1. The predicted molar refractivity (Wildman–Crippen MR) is 102 cm³/mol. The number of hydrogen-bond donors (Lipinski definition) is 1. The Labute approximate surface area is 158 Å². The number of nitrogens with one attached hydrogen (secondary N) is 1. The van der Waals surface area contributed by atoms with Gasteiger partial charge in [-0.15, -0.1) is 0 Å². The van der Waals surface area contributed by atoms with Crippen molar-refractivity contribution in [3.05, 3.63) is 65.5 Å². The van der Waals surface area contributed by atoms with E-state index in [0.717, 1.165) is 11.1 Å². The van der Waals surface area contributed by atoms with Crippen LogP contribution in [0.2, 0.25) is 0 Å². The summed E-state index contributed by atoms with van der Waals surface area (Å²) in [6, 6.07) is 13.0. The molecule has 6 nitrogen and oxygen atoms in total. The molecule has 0 saturated carbocycles. The van der Waals surface area contributed by atoms with Gasteiger partial charge in [-0.25, -0.2) is 4.39 Å². The second kappa shape index (κ2) is 8.16. The molecule has 1 aliphatic rings. The van der Waals surface area contributed by atoms with Crippen LogP contribution in [0.4, 0.5) is 10.1 Å². The van der Waals surface area contributed by atoms with Crippen molar-refractivity contribution in [1.29, 1.82) is 0 Å². The van der Waals surface area contributed by atoms with Gasteiger partial charge >= 0.3 is 0 Å². The second-order valence-electron chi connectivity index (χ2n) is 6.57. The van der Waals surface area contributed by atoms with E-state index in [2.05, 4.69) is 5.32 Å². The molecule has 0 bridgehead atoms. The van der Waals surface area contributed by atoms with E-state index in [1.807, 2.05) is 31.2 Å². The normalized spacial score (nSPS) is 17.6. The van der Waals surface area contributed by atoms with E-state index in [1.54, 1.807) is 0 Å². The van der Waals surface area contributed by atoms with Gasteiger partial charge in [0, 0.05) is 25.3 Å². The number of carbonyl (C=O) groups is 1. The van der Waals surface area contributed by atoms with E-state index in [-0.39, 0.29) is 13.1 Å². The monoisotopic (exact) mass is 391 g/mol. The maximum atomic E-state index is 12.9. The van der Waals surface area contributed by atoms with Gasteiger partial charge in [-0.2, -0.15) is 17.0 Å². The molecule has 1 saturated heterocycles. The smallest absolute Gasteiger partial charge is 0.282 e. The molecule has 1 fully saturated rings. The maximum absolute atomic E-state index is 12.9. The molecule has 27 heavy (non-hydrogen) atoms. The molecule has 8 heteroatoms. The third kappa shape index (κ3) is 4.91. The van der Waals surface area contributed by atoms with Crippen LogP contribution in [-0.4, -0.2) is 42.6 Å². The van der Waals surface area contributed by atoms with Gasteiger partial charge in [-0.1, -0.05) is 29.8 Å². The quantitative estimate of drug-likeness (QED) is 0.852. The second-order valence-corrected chi connectivity index (χ2v) is 8.50. The average molecular weight is 391 g/mol. The van der Waals surface area contributed by atoms with Gasteiger partial charge in [-0.05, 0) is 43.2 Å². The molecule has 1 heterocycles. The number of amides is 1. The summed E-state index contributed by atoms with van der Waals surface area (Å²) in [7, 11) is -3.72. The van der Waals surface area contributed by atoms with Crippen molar-refractivity contribution in [3.63, 3.8) is 0 Å². The van der Waals surface area contributed by atoms with Gasteiger partial charge < -0.3 is 5.32 Å². The first-order chi connectivity index (χ1) is 12.8. The molecule has 0 spiro atoms. The van der Waals surface area contributed by atoms with E-state index in [4.69, 9.17) is 0 Å². The van der Waals surface area contributed by atoms with Crippen molar-refractivity contribution < 1.29 is 17.6 Å². The first-order valence-corrected chi connectivity index (χ1v) is 10.1. The standard InChI is InChI=1S/C19H22FN3O3S/c1-15-4-2-5-16(12-15)13-22-10-3-11-23(27(22,25)26)14-19(24)21-18-8-6-17(20)7-9-18/h2,4-9,12H,3,10-11,13-14H2,1H3,(H,21,24). The van der Waals surface area contributed by atoms with Crippen LogP contribution in [0.15, 0.2) is 48.5 Å². The van der Waals surface area contributed by atoms with E-state index in [1.165, 1.54) is 32.9 Å². The van der Waals surface area contributed by atoms with Crippen molar-refractivity contribution in [2.75, 3.05) is 25.0 Å². The number of rotatable bonds is 5. The zero-order valence-corrected chi connectivity index (χ0v) is 15.9. The van der Waals surface area contributed by atoms with E-state index in [0.29, 0.717) is 25.2 Å². The Morgan fingerprint density at radius 1 is 1.11 bits per heavy atom. The van der Waals surface area contributed by atoms with Gasteiger partial charge in [0.25, 0.3) is 10.2 Å². The lowest BCUT2D eigenvalue weighted by Gasteiger charge is -2.34. The number of hydrogen-bond acceptors (Lipinski definition) is 3. The van der Waals surface area contributed by atoms with E-state index >= 15 is 0 Å². The summed E-state index contributed by atoms with van der Waals surface area (Å²) in [5, 5.41) is 2.60. The Bertz CT molecular complexity index is 916. The zero-order chi connectivity index (χ0) is 19.4. The number of carbonyl (C=O) groups excluding carboxylic acids is 1. The van der Waals surface area contributed by atoms with Gasteiger partial charge in [0.05, 0.1) is 6.54 Å². The third-order valence-corrected chi connectivity index (χ3v) is 6.29. The minimum atomic E-state index is -3.72. The molecule has 1 N–H and O–H groups in total. The summed E-state index contributed by atoms with van der Waals surface area (Å²) in [6.45, 7) is 2.68. The number of aryl methyl sites for hydroxylation is 1. The minimum absolute atomic E-state index is 0.274. The molecule has 3 rings (SSSR count). The zero-order valence-electron chi connectivity index (χ0n) is 15.1. The lowest BCUT2D eigenvalue weighted by Crippen LogP contribution is -2.51. The molecule has 2 aromatic carbocycles. The van der Waals surface area contributed by atoms with Crippen LogP contribution in [-0.2, 0) is 21.5 Å². The Morgan fingerprint density at radius 3 is 2.52 bits per heavy atom. The summed E-state index contributed by atoms with van der Waals surface area (Å²) in [5.74, 6) is -0.860. The molecule has 0 radical (unpaired) electrons. The Kier molecular flexibility index (Phi) is 5.88. The van der Waals surface area contributed by atoms with Gasteiger partial charge in [0.2, 0.25) is 5.91 Å². The molecule has 2 aromatic rings. The highest BCUT2D eigenvalue weighted by atomic mass is 32.2. The molecule has 0 unspecified atom stereocenters. The molecule has 0 atom stereocenters. The van der Waals surface area contributed by atoms with Crippen LogP contribution in [0, 0.1) is 12.7 Å². The topological polar surface area (TPSA) is 69.7 Å². The van der Waals surface area contributed by atoms with Crippen LogP contribution in [0.25, 0.3) is 0 Å². The molecule has 1 aliphatic heterocycles. The summed E-state index contributed by atoms with van der Waals surface area (Å²) in [6.07, 6.45) is 0.648. The van der Waals surface area contributed by atoms with E-state index in [9.17, 15) is 17.6 Å². The summed E-state index contributed by atoms with van der Waals surface area (Å²) in [4.78, 5) is 12.2. The Morgan fingerprint density at radius 2 is 1.81 bits per heavy atom. The number of benzene rings is 2. The molecule has 144 valence electrons. The molecule has 1 amide bonds. The molecular weight excluding hydrogens is 369 g/mol. The molecular formula is C19H22FN3O3S. The lowest BCUT2D eigenvalue weighted by molar-refractivity contribution is -0.116. The van der Waals surface area contributed by atoms with Crippen LogP contribution in [0.5, 0.6) is 0 Å². The van der Waals surface area contributed by atoms with Crippen LogP contribution >= 0.6 is 0 Å². The highest BCUT2D eigenvalue weighted by Crippen LogP contribution is 2.20. The fraction of sp³-hybridized carbons (Fsp3) is 0.316. The van der Waals surface area contributed by atoms with Crippen molar-refractivity contribution in [2.45, 2.75) is 19.9 Å². The van der Waals surface area contributed by atoms with Crippen LogP contribution in [0.1, 0.15) is 17.5 Å². The number of halogens is 1. The van der Waals surface area contributed by atoms with Gasteiger partial charge in [0.15, 0.2) is 0 Å². The Balaban J connectivity index is 1.66. The first-order valence-electron chi connectivity index (χ1n) is 8.71.